The standard InChI is InChI=1S/C15H18BrF2NO2/c16-10-7-11(17)13(12(18)8-10)14(20)19-9-15(21)5-3-1-2-4-6-15/h7-8,21H,1-6,9H2,(H,19,20). The molecule has 0 radical (unpaired) electrons. The molecule has 2 N–H and O–H groups in total. The van der Waals surface area contributed by atoms with Crippen molar-refractivity contribution in [3.05, 3.63) is 33.8 Å². The molecule has 0 atom stereocenters. The highest BCUT2D eigenvalue weighted by Gasteiger charge is 2.29. The van der Waals surface area contributed by atoms with E-state index < -0.39 is 28.7 Å². The van der Waals surface area contributed by atoms with Gasteiger partial charge < -0.3 is 10.4 Å². The lowest BCUT2D eigenvalue weighted by Gasteiger charge is -2.26. The average molecular weight is 362 g/mol. The molecular formula is C15H18BrF2NO2. The first-order valence-electron chi connectivity index (χ1n) is 7.06. The second kappa shape index (κ2) is 6.83. The molecule has 116 valence electrons. The predicted octanol–water partition coefficient (Wildman–Crippen LogP) is 3.54. The number of nitrogens with one attached hydrogen (secondary N) is 1. The van der Waals surface area contributed by atoms with E-state index in [1.807, 2.05) is 0 Å². The van der Waals surface area contributed by atoms with Crippen LogP contribution < -0.4 is 5.32 Å². The van der Waals surface area contributed by atoms with Crippen molar-refractivity contribution in [1.82, 2.24) is 5.32 Å². The lowest BCUT2D eigenvalue weighted by atomic mass is 9.94. The van der Waals surface area contributed by atoms with Crippen LogP contribution in [-0.4, -0.2) is 23.2 Å². The van der Waals surface area contributed by atoms with Crippen LogP contribution >= 0.6 is 15.9 Å². The van der Waals surface area contributed by atoms with Crippen molar-refractivity contribution in [2.75, 3.05) is 6.54 Å². The van der Waals surface area contributed by atoms with Crippen LogP contribution in [0.1, 0.15) is 48.9 Å². The highest BCUT2D eigenvalue weighted by atomic mass is 79.9. The summed E-state index contributed by atoms with van der Waals surface area (Å²) < 4.78 is 27.6. The smallest absolute Gasteiger partial charge is 0.257 e. The molecule has 2 rings (SSSR count). The molecule has 1 aromatic rings. The first-order valence-corrected chi connectivity index (χ1v) is 7.86. The summed E-state index contributed by atoms with van der Waals surface area (Å²) in [4.78, 5) is 12.0. The van der Waals surface area contributed by atoms with Gasteiger partial charge in [-0.1, -0.05) is 41.6 Å². The van der Waals surface area contributed by atoms with Gasteiger partial charge in [0.05, 0.1) is 5.60 Å². The Balaban J connectivity index is 2.05. The van der Waals surface area contributed by atoms with Gasteiger partial charge in [-0.15, -0.1) is 0 Å². The van der Waals surface area contributed by atoms with Gasteiger partial charge in [-0.2, -0.15) is 0 Å². The molecule has 0 unspecified atom stereocenters. The normalized spacial score (nSPS) is 18.1. The first-order chi connectivity index (χ1) is 9.91. The van der Waals surface area contributed by atoms with Crippen molar-refractivity contribution in [3.8, 4) is 0 Å². The average Bonchev–Trinajstić information content (AvgIpc) is 2.61. The molecule has 0 saturated heterocycles. The summed E-state index contributed by atoms with van der Waals surface area (Å²) >= 11 is 2.96. The fraction of sp³-hybridized carbons (Fsp3) is 0.533. The van der Waals surface area contributed by atoms with Crippen LogP contribution in [0.25, 0.3) is 0 Å². The number of carbonyl (C=O) groups excluding carboxylic acids is 1. The third-order valence-electron chi connectivity index (χ3n) is 3.85. The number of hydrogen-bond acceptors (Lipinski definition) is 2. The number of carbonyl (C=O) groups is 1. The highest BCUT2D eigenvalue weighted by molar-refractivity contribution is 9.10. The van der Waals surface area contributed by atoms with E-state index in [4.69, 9.17) is 0 Å². The Morgan fingerprint density at radius 3 is 2.24 bits per heavy atom. The van der Waals surface area contributed by atoms with E-state index in [-0.39, 0.29) is 11.0 Å². The van der Waals surface area contributed by atoms with Gasteiger partial charge in [0.15, 0.2) is 0 Å². The number of hydrogen-bond donors (Lipinski definition) is 2. The minimum absolute atomic E-state index is 0.0147. The number of aliphatic hydroxyl groups is 1. The molecule has 21 heavy (non-hydrogen) atoms. The van der Waals surface area contributed by atoms with Crippen LogP contribution in [0.15, 0.2) is 16.6 Å². The molecule has 1 amide bonds. The van der Waals surface area contributed by atoms with Gasteiger partial charge in [0.1, 0.15) is 17.2 Å². The van der Waals surface area contributed by atoms with Gasteiger partial charge in [0, 0.05) is 11.0 Å². The fourth-order valence-corrected chi connectivity index (χ4v) is 3.06. The molecule has 0 spiro atoms. The third-order valence-corrected chi connectivity index (χ3v) is 4.30. The van der Waals surface area contributed by atoms with Crippen LogP contribution in [0.4, 0.5) is 8.78 Å². The maximum absolute atomic E-state index is 13.7. The summed E-state index contributed by atoms with van der Waals surface area (Å²) in [7, 11) is 0. The maximum atomic E-state index is 13.7. The summed E-state index contributed by atoms with van der Waals surface area (Å²) in [5.41, 5.74) is -1.59. The van der Waals surface area contributed by atoms with Gasteiger partial charge in [0.2, 0.25) is 0 Å². The number of halogens is 3. The van der Waals surface area contributed by atoms with E-state index in [0.717, 1.165) is 37.8 Å². The monoisotopic (exact) mass is 361 g/mol. The van der Waals surface area contributed by atoms with Crippen LogP contribution in [-0.2, 0) is 0 Å². The summed E-state index contributed by atoms with van der Waals surface area (Å²) in [6, 6.07) is 2.08. The van der Waals surface area contributed by atoms with Crippen molar-refractivity contribution in [3.63, 3.8) is 0 Å². The molecule has 1 aromatic carbocycles. The molecule has 1 saturated carbocycles. The lowest BCUT2D eigenvalue weighted by molar-refractivity contribution is 0.0245. The summed E-state index contributed by atoms with van der Waals surface area (Å²) in [6.45, 7) is 0.0147. The van der Waals surface area contributed by atoms with Gasteiger partial charge in [0.25, 0.3) is 5.91 Å². The minimum Gasteiger partial charge on any atom is -0.388 e. The van der Waals surface area contributed by atoms with Crippen molar-refractivity contribution < 1.29 is 18.7 Å². The van der Waals surface area contributed by atoms with E-state index in [2.05, 4.69) is 21.2 Å². The van der Waals surface area contributed by atoms with Crippen molar-refractivity contribution in [2.24, 2.45) is 0 Å². The Bertz CT molecular complexity index is 505. The molecule has 0 bridgehead atoms. The fourth-order valence-electron chi connectivity index (χ4n) is 2.66. The van der Waals surface area contributed by atoms with Crippen LogP contribution in [0.5, 0.6) is 0 Å². The molecular weight excluding hydrogens is 344 g/mol. The van der Waals surface area contributed by atoms with E-state index in [0.29, 0.717) is 12.8 Å². The maximum Gasteiger partial charge on any atom is 0.257 e. The summed E-state index contributed by atoms with van der Waals surface area (Å²) in [5, 5.41) is 12.9. The van der Waals surface area contributed by atoms with Crippen molar-refractivity contribution in [2.45, 2.75) is 44.1 Å². The van der Waals surface area contributed by atoms with E-state index in [9.17, 15) is 18.7 Å². The zero-order valence-electron chi connectivity index (χ0n) is 11.6. The number of amides is 1. The molecule has 1 aliphatic carbocycles. The van der Waals surface area contributed by atoms with E-state index in [1.165, 1.54) is 0 Å². The van der Waals surface area contributed by atoms with Crippen molar-refractivity contribution in [1.29, 1.82) is 0 Å². The molecule has 0 aliphatic heterocycles. The van der Waals surface area contributed by atoms with Gasteiger partial charge in [-0.25, -0.2) is 8.78 Å². The molecule has 1 aliphatic rings. The largest absolute Gasteiger partial charge is 0.388 e. The van der Waals surface area contributed by atoms with Gasteiger partial charge >= 0.3 is 0 Å². The molecule has 0 heterocycles. The van der Waals surface area contributed by atoms with Crippen LogP contribution in [0, 0.1) is 11.6 Å². The Morgan fingerprint density at radius 2 is 1.71 bits per heavy atom. The quantitative estimate of drug-likeness (QED) is 0.809. The second-order valence-electron chi connectivity index (χ2n) is 5.57. The predicted molar refractivity (Wildman–Crippen MR) is 79.0 cm³/mol. The van der Waals surface area contributed by atoms with E-state index >= 15 is 0 Å². The Kier molecular flexibility index (Phi) is 5.32. The SMILES string of the molecule is O=C(NCC1(O)CCCCCC1)c1c(F)cc(Br)cc1F. The topological polar surface area (TPSA) is 49.3 Å². The van der Waals surface area contributed by atoms with Crippen LogP contribution in [0.3, 0.4) is 0 Å². The number of rotatable bonds is 3. The third kappa shape index (κ3) is 4.23. The van der Waals surface area contributed by atoms with Gasteiger partial charge in [-0.3, -0.25) is 4.79 Å². The molecule has 3 nitrogen and oxygen atoms in total. The highest BCUT2D eigenvalue weighted by Crippen LogP contribution is 2.26. The lowest BCUT2D eigenvalue weighted by Crippen LogP contribution is -2.43. The zero-order valence-corrected chi connectivity index (χ0v) is 13.2. The molecule has 6 heteroatoms. The van der Waals surface area contributed by atoms with E-state index in [1.54, 1.807) is 0 Å². The Labute approximate surface area is 130 Å². The molecule has 0 aromatic heterocycles. The zero-order chi connectivity index (χ0) is 15.5. The summed E-state index contributed by atoms with van der Waals surface area (Å²) in [6.07, 6.45) is 5.11. The molecule has 1 fully saturated rings. The Hall–Kier alpha value is -1.01. The van der Waals surface area contributed by atoms with Crippen LogP contribution in [0.2, 0.25) is 0 Å². The number of benzene rings is 1. The van der Waals surface area contributed by atoms with Gasteiger partial charge in [-0.05, 0) is 25.0 Å². The van der Waals surface area contributed by atoms with Crippen molar-refractivity contribution >= 4 is 21.8 Å². The minimum atomic E-state index is -0.978. The summed E-state index contributed by atoms with van der Waals surface area (Å²) in [5.74, 6) is -2.69. The first kappa shape index (κ1) is 16.4. The second-order valence-corrected chi connectivity index (χ2v) is 6.48. The Morgan fingerprint density at radius 1 is 1.19 bits per heavy atom.